The smallest absolute Gasteiger partial charge is 0.243 e. The van der Waals surface area contributed by atoms with Crippen LogP contribution in [-0.4, -0.2) is 34.6 Å². The van der Waals surface area contributed by atoms with Crippen molar-refractivity contribution in [3.05, 3.63) is 48.0 Å². The molecule has 0 aliphatic carbocycles. The molecule has 1 aliphatic heterocycles. The van der Waals surface area contributed by atoms with Crippen molar-refractivity contribution in [2.75, 3.05) is 18.0 Å². The first-order valence-corrected chi connectivity index (χ1v) is 9.60. The number of piperidine rings is 1. The van der Waals surface area contributed by atoms with Crippen LogP contribution < -0.4 is 10.2 Å². The SMILES string of the molecule is Cc1cccc(N2CCC(NC(=O)C(C)n3ccnc3C(C)C)CC2)c1. The number of rotatable bonds is 5. The lowest BCUT2D eigenvalue weighted by atomic mass is 10.0. The Morgan fingerprint density at radius 2 is 1.96 bits per heavy atom. The van der Waals surface area contributed by atoms with Crippen molar-refractivity contribution in [3.8, 4) is 0 Å². The van der Waals surface area contributed by atoms with Gasteiger partial charge in [0.15, 0.2) is 0 Å². The van der Waals surface area contributed by atoms with Crippen LogP contribution in [0, 0.1) is 6.92 Å². The molecule has 0 bridgehead atoms. The number of anilines is 1. The number of imidazole rings is 1. The minimum Gasteiger partial charge on any atom is -0.371 e. The van der Waals surface area contributed by atoms with E-state index in [9.17, 15) is 4.79 Å². The molecule has 2 heterocycles. The number of nitrogens with one attached hydrogen (secondary N) is 1. The van der Waals surface area contributed by atoms with Crippen molar-refractivity contribution in [3.63, 3.8) is 0 Å². The molecule has 2 aromatic rings. The molecule has 3 rings (SSSR count). The fourth-order valence-corrected chi connectivity index (χ4v) is 3.65. The van der Waals surface area contributed by atoms with Gasteiger partial charge in [-0.3, -0.25) is 4.79 Å². The van der Waals surface area contributed by atoms with Crippen molar-refractivity contribution < 1.29 is 4.79 Å². The Morgan fingerprint density at radius 3 is 2.62 bits per heavy atom. The first-order chi connectivity index (χ1) is 12.5. The molecule has 1 saturated heterocycles. The van der Waals surface area contributed by atoms with Crippen LogP contribution in [0.25, 0.3) is 0 Å². The van der Waals surface area contributed by atoms with Gasteiger partial charge in [-0.2, -0.15) is 0 Å². The molecule has 26 heavy (non-hydrogen) atoms. The molecule has 140 valence electrons. The predicted molar refractivity (Wildman–Crippen MR) is 106 cm³/mol. The molecule has 0 radical (unpaired) electrons. The van der Waals surface area contributed by atoms with Crippen LogP contribution in [0.1, 0.15) is 57.0 Å². The Hall–Kier alpha value is -2.30. The lowest BCUT2D eigenvalue weighted by Gasteiger charge is -2.34. The molecular formula is C21H30N4O. The topological polar surface area (TPSA) is 50.2 Å². The van der Waals surface area contributed by atoms with Gasteiger partial charge in [0, 0.05) is 43.1 Å². The Morgan fingerprint density at radius 1 is 1.23 bits per heavy atom. The minimum atomic E-state index is -0.232. The summed E-state index contributed by atoms with van der Waals surface area (Å²) in [6.07, 6.45) is 5.64. The van der Waals surface area contributed by atoms with Gasteiger partial charge in [-0.25, -0.2) is 4.98 Å². The van der Waals surface area contributed by atoms with Gasteiger partial charge in [0.2, 0.25) is 5.91 Å². The van der Waals surface area contributed by atoms with Crippen molar-refractivity contribution in [2.45, 2.75) is 58.5 Å². The average Bonchev–Trinajstić information content (AvgIpc) is 3.11. The van der Waals surface area contributed by atoms with Crippen molar-refractivity contribution in [1.29, 1.82) is 0 Å². The first kappa shape index (κ1) is 18.5. The lowest BCUT2D eigenvalue weighted by molar-refractivity contribution is -0.124. The van der Waals surface area contributed by atoms with Gasteiger partial charge < -0.3 is 14.8 Å². The van der Waals surface area contributed by atoms with E-state index in [1.165, 1.54) is 11.3 Å². The second kappa shape index (κ2) is 7.94. The zero-order valence-corrected chi connectivity index (χ0v) is 16.3. The number of carbonyl (C=O) groups excluding carboxylic acids is 1. The summed E-state index contributed by atoms with van der Waals surface area (Å²) in [6, 6.07) is 8.65. The molecule has 0 spiro atoms. The maximum atomic E-state index is 12.7. The molecule has 1 fully saturated rings. The minimum absolute atomic E-state index is 0.0823. The summed E-state index contributed by atoms with van der Waals surface area (Å²) in [6.45, 7) is 10.2. The summed E-state index contributed by atoms with van der Waals surface area (Å²) in [7, 11) is 0. The van der Waals surface area contributed by atoms with Crippen LogP contribution in [0.4, 0.5) is 5.69 Å². The first-order valence-electron chi connectivity index (χ1n) is 9.60. The van der Waals surface area contributed by atoms with Crippen LogP contribution in [0.2, 0.25) is 0 Å². The predicted octanol–water partition coefficient (Wildman–Crippen LogP) is 3.66. The van der Waals surface area contributed by atoms with Gasteiger partial charge in [0.1, 0.15) is 11.9 Å². The number of nitrogens with zero attached hydrogens (tertiary/aromatic N) is 3. The number of amides is 1. The number of hydrogen-bond donors (Lipinski definition) is 1. The second-order valence-corrected chi connectivity index (χ2v) is 7.63. The molecule has 1 N–H and O–H groups in total. The molecule has 1 aromatic carbocycles. The van der Waals surface area contributed by atoms with E-state index in [1.54, 1.807) is 6.20 Å². The Bertz CT molecular complexity index is 744. The second-order valence-electron chi connectivity index (χ2n) is 7.63. The molecular weight excluding hydrogens is 324 g/mol. The number of carbonyl (C=O) groups is 1. The van der Waals surface area contributed by atoms with Crippen molar-refractivity contribution in [1.82, 2.24) is 14.9 Å². The van der Waals surface area contributed by atoms with E-state index in [0.717, 1.165) is 31.8 Å². The van der Waals surface area contributed by atoms with E-state index < -0.39 is 0 Å². The quantitative estimate of drug-likeness (QED) is 0.891. The van der Waals surface area contributed by atoms with Crippen LogP contribution in [0.3, 0.4) is 0 Å². The fourth-order valence-electron chi connectivity index (χ4n) is 3.65. The molecule has 0 saturated carbocycles. The third-order valence-electron chi connectivity index (χ3n) is 5.22. The van der Waals surface area contributed by atoms with E-state index in [2.05, 4.69) is 60.2 Å². The molecule has 1 unspecified atom stereocenters. The van der Waals surface area contributed by atoms with E-state index >= 15 is 0 Å². The maximum absolute atomic E-state index is 12.7. The largest absolute Gasteiger partial charge is 0.371 e. The van der Waals surface area contributed by atoms with E-state index in [4.69, 9.17) is 0 Å². The third kappa shape index (κ3) is 4.09. The highest BCUT2D eigenvalue weighted by Crippen LogP contribution is 2.22. The molecule has 1 aromatic heterocycles. The lowest BCUT2D eigenvalue weighted by Crippen LogP contribution is -2.46. The fraction of sp³-hybridized carbons (Fsp3) is 0.524. The van der Waals surface area contributed by atoms with Crippen LogP contribution >= 0.6 is 0 Å². The zero-order valence-electron chi connectivity index (χ0n) is 16.3. The van der Waals surface area contributed by atoms with E-state index in [1.807, 2.05) is 17.7 Å². The summed E-state index contributed by atoms with van der Waals surface area (Å²) in [5.41, 5.74) is 2.57. The Kier molecular flexibility index (Phi) is 5.64. The van der Waals surface area contributed by atoms with E-state index in [-0.39, 0.29) is 18.0 Å². The number of aryl methyl sites for hydroxylation is 1. The summed E-state index contributed by atoms with van der Waals surface area (Å²) in [5, 5.41) is 3.24. The van der Waals surface area contributed by atoms with Gasteiger partial charge in [-0.1, -0.05) is 26.0 Å². The molecule has 5 nitrogen and oxygen atoms in total. The highest BCUT2D eigenvalue weighted by atomic mass is 16.2. The normalized spacial score (nSPS) is 16.7. The van der Waals surface area contributed by atoms with Crippen molar-refractivity contribution >= 4 is 11.6 Å². The summed E-state index contributed by atoms with van der Waals surface area (Å²) in [5.74, 6) is 1.35. The average molecular weight is 354 g/mol. The molecule has 5 heteroatoms. The number of hydrogen-bond acceptors (Lipinski definition) is 3. The Balaban J connectivity index is 1.55. The highest BCUT2D eigenvalue weighted by Gasteiger charge is 2.25. The zero-order chi connectivity index (χ0) is 18.7. The van der Waals surface area contributed by atoms with Crippen LogP contribution in [-0.2, 0) is 4.79 Å². The molecule has 1 aliphatic rings. The monoisotopic (exact) mass is 354 g/mol. The highest BCUT2D eigenvalue weighted by molar-refractivity contribution is 5.80. The number of aromatic nitrogens is 2. The van der Waals surface area contributed by atoms with Crippen LogP contribution in [0.15, 0.2) is 36.7 Å². The standard InChI is InChI=1S/C21H30N4O/c1-15(2)20-22-10-13-25(20)17(4)21(26)23-18-8-11-24(12-9-18)19-7-5-6-16(3)14-19/h5-7,10,13-15,17-18H,8-9,11-12H2,1-4H3,(H,23,26). The molecule has 1 amide bonds. The van der Waals surface area contributed by atoms with Gasteiger partial charge >= 0.3 is 0 Å². The summed E-state index contributed by atoms with van der Waals surface area (Å²) < 4.78 is 1.99. The summed E-state index contributed by atoms with van der Waals surface area (Å²) >= 11 is 0. The van der Waals surface area contributed by atoms with Crippen LogP contribution in [0.5, 0.6) is 0 Å². The van der Waals surface area contributed by atoms with E-state index in [0.29, 0.717) is 5.92 Å². The maximum Gasteiger partial charge on any atom is 0.243 e. The van der Waals surface area contributed by atoms with Gasteiger partial charge in [-0.05, 0) is 44.4 Å². The number of benzene rings is 1. The molecule has 1 atom stereocenters. The van der Waals surface area contributed by atoms with Gasteiger partial charge in [0.05, 0.1) is 0 Å². The third-order valence-corrected chi connectivity index (χ3v) is 5.22. The van der Waals surface area contributed by atoms with Gasteiger partial charge in [0.25, 0.3) is 0 Å². The Labute approximate surface area is 156 Å². The summed E-state index contributed by atoms with van der Waals surface area (Å²) in [4.78, 5) is 19.5. The van der Waals surface area contributed by atoms with Gasteiger partial charge in [-0.15, -0.1) is 0 Å². The van der Waals surface area contributed by atoms with Crippen molar-refractivity contribution in [2.24, 2.45) is 0 Å².